The van der Waals surface area contributed by atoms with Crippen LogP contribution in [0.25, 0.3) is 11.1 Å². The van der Waals surface area contributed by atoms with Gasteiger partial charge in [0, 0.05) is 6.54 Å². The quantitative estimate of drug-likeness (QED) is 0.844. The van der Waals surface area contributed by atoms with E-state index in [4.69, 9.17) is 4.42 Å². The number of carbonyl (C=O) groups is 1. The van der Waals surface area contributed by atoms with Crippen LogP contribution in [0.2, 0.25) is 0 Å². The highest BCUT2D eigenvalue weighted by Gasteiger charge is 2.17. The number of aromatic nitrogens is 1. The fourth-order valence-electron chi connectivity index (χ4n) is 1.50. The minimum Gasteiger partial charge on any atom is -0.431 e. The summed E-state index contributed by atoms with van der Waals surface area (Å²) in [5.41, 5.74) is 1.57. The van der Waals surface area contributed by atoms with Gasteiger partial charge in [-0.25, -0.2) is 4.98 Å². The van der Waals surface area contributed by atoms with Gasteiger partial charge in [0.05, 0.1) is 5.25 Å². The lowest BCUT2D eigenvalue weighted by Gasteiger charge is -2.08. The molecule has 0 fully saturated rings. The summed E-state index contributed by atoms with van der Waals surface area (Å²) in [6, 6.07) is 7.58. The second kappa shape index (κ2) is 5.91. The Labute approximate surface area is 110 Å². The van der Waals surface area contributed by atoms with Crippen LogP contribution in [-0.2, 0) is 4.79 Å². The van der Waals surface area contributed by atoms with E-state index in [0.29, 0.717) is 11.8 Å². The Hall–Kier alpha value is -1.49. The first kappa shape index (κ1) is 13.0. The zero-order valence-corrected chi connectivity index (χ0v) is 11.3. The number of oxazole rings is 1. The van der Waals surface area contributed by atoms with Crippen LogP contribution < -0.4 is 5.32 Å². The molecule has 0 aliphatic heterocycles. The first-order chi connectivity index (χ1) is 8.70. The summed E-state index contributed by atoms with van der Waals surface area (Å²) in [4.78, 5) is 16.1. The summed E-state index contributed by atoms with van der Waals surface area (Å²) < 4.78 is 5.57. The summed E-state index contributed by atoms with van der Waals surface area (Å²) in [7, 11) is 0. The molecule has 1 aromatic carbocycles. The maximum atomic E-state index is 11.7. The third-order valence-corrected chi connectivity index (χ3v) is 3.41. The second-order valence-electron chi connectivity index (χ2n) is 4.00. The first-order valence-electron chi connectivity index (χ1n) is 6.00. The molecule has 1 N–H and O–H groups in total. The van der Waals surface area contributed by atoms with Crippen molar-refractivity contribution in [3.05, 3.63) is 24.3 Å². The van der Waals surface area contributed by atoms with Gasteiger partial charge in [-0.15, -0.1) is 0 Å². The van der Waals surface area contributed by atoms with Gasteiger partial charge in [-0.05, 0) is 25.5 Å². The van der Waals surface area contributed by atoms with Gasteiger partial charge in [-0.1, -0.05) is 30.8 Å². The van der Waals surface area contributed by atoms with Gasteiger partial charge in [0.1, 0.15) is 5.52 Å². The summed E-state index contributed by atoms with van der Waals surface area (Å²) in [6.45, 7) is 4.58. The second-order valence-corrected chi connectivity index (χ2v) is 5.29. The van der Waals surface area contributed by atoms with Gasteiger partial charge >= 0.3 is 0 Å². The van der Waals surface area contributed by atoms with Crippen LogP contribution in [-0.4, -0.2) is 22.7 Å². The number of para-hydroxylation sites is 2. The van der Waals surface area contributed by atoms with E-state index in [0.717, 1.165) is 17.5 Å². The maximum absolute atomic E-state index is 11.7. The molecular formula is C13H16N2O2S. The van der Waals surface area contributed by atoms with Crippen LogP contribution >= 0.6 is 11.8 Å². The minimum absolute atomic E-state index is 0.0177. The van der Waals surface area contributed by atoms with Crippen molar-refractivity contribution >= 4 is 28.8 Å². The standard InChI is InChI=1S/C13H16N2O2S/c1-3-8-14-12(16)9(2)18-13-15-10-6-4-5-7-11(10)17-13/h4-7,9H,3,8H2,1-2H3,(H,14,16). The van der Waals surface area contributed by atoms with E-state index in [9.17, 15) is 4.79 Å². The van der Waals surface area contributed by atoms with Crippen LogP contribution in [0.5, 0.6) is 0 Å². The molecule has 0 saturated heterocycles. The number of hydrogen-bond acceptors (Lipinski definition) is 4. The summed E-state index contributed by atoms with van der Waals surface area (Å²) in [5, 5.41) is 3.19. The van der Waals surface area contributed by atoms with Crippen LogP contribution in [0.1, 0.15) is 20.3 Å². The Morgan fingerprint density at radius 3 is 3.00 bits per heavy atom. The highest BCUT2D eigenvalue weighted by molar-refractivity contribution is 8.00. The van der Waals surface area contributed by atoms with Crippen molar-refractivity contribution in [2.75, 3.05) is 6.54 Å². The van der Waals surface area contributed by atoms with Gasteiger partial charge in [-0.3, -0.25) is 4.79 Å². The van der Waals surface area contributed by atoms with E-state index in [-0.39, 0.29) is 11.2 Å². The highest BCUT2D eigenvalue weighted by atomic mass is 32.2. The summed E-state index contributed by atoms with van der Waals surface area (Å²) in [6.07, 6.45) is 0.937. The van der Waals surface area contributed by atoms with Crippen LogP contribution in [0.4, 0.5) is 0 Å². The summed E-state index contributed by atoms with van der Waals surface area (Å²) >= 11 is 1.34. The molecule has 0 spiro atoms. The Morgan fingerprint density at radius 1 is 1.50 bits per heavy atom. The Balaban J connectivity index is 2.02. The molecule has 0 aliphatic rings. The Bertz CT molecular complexity index is 506. The van der Waals surface area contributed by atoms with Crippen LogP contribution in [0.15, 0.2) is 33.9 Å². The molecule has 0 aliphatic carbocycles. The number of nitrogens with zero attached hydrogens (tertiary/aromatic N) is 1. The van der Waals surface area contributed by atoms with E-state index in [1.165, 1.54) is 11.8 Å². The maximum Gasteiger partial charge on any atom is 0.257 e. The zero-order valence-electron chi connectivity index (χ0n) is 10.5. The number of thioether (sulfide) groups is 1. The molecule has 18 heavy (non-hydrogen) atoms. The lowest BCUT2D eigenvalue weighted by molar-refractivity contribution is -0.120. The smallest absolute Gasteiger partial charge is 0.257 e. The van der Waals surface area contributed by atoms with E-state index >= 15 is 0 Å². The molecule has 96 valence electrons. The average Bonchev–Trinajstić information content (AvgIpc) is 2.77. The van der Waals surface area contributed by atoms with Crippen molar-refractivity contribution in [3.8, 4) is 0 Å². The predicted molar refractivity (Wildman–Crippen MR) is 72.6 cm³/mol. The fourth-order valence-corrected chi connectivity index (χ4v) is 2.28. The lowest BCUT2D eigenvalue weighted by atomic mass is 10.3. The average molecular weight is 264 g/mol. The fraction of sp³-hybridized carbons (Fsp3) is 0.385. The number of benzene rings is 1. The van der Waals surface area contributed by atoms with Crippen molar-refractivity contribution in [3.63, 3.8) is 0 Å². The monoisotopic (exact) mass is 264 g/mol. The molecule has 0 bridgehead atoms. The Kier molecular flexibility index (Phi) is 4.25. The number of rotatable bonds is 5. The predicted octanol–water partition coefficient (Wildman–Crippen LogP) is 2.83. The molecule has 1 amide bonds. The molecule has 1 unspecified atom stereocenters. The van der Waals surface area contributed by atoms with E-state index in [1.807, 2.05) is 38.1 Å². The molecule has 1 aromatic heterocycles. The minimum atomic E-state index is -0.204. The summed E-state index contributed by atoms with van der Waals surface area (Å²) in [5.74, 6) is 0.0177. The zero-order chi connectivity index (χ0) is 13.0. The van der Waals surface area contributed by atoms with E-state index in [2.05, 4.69) is 10.3 Å². The number of carbonyl (C=O) groups excluding carboxylic acids is 1. The van der Waals surface area contributed by atoms with Gasteiger partial charge < -0.3 is 9.73 Å². The van der Waals surface area contributed by atoms with Gasteiger partial charge in [0.25, 0.3) is 5.22 Å². The molecule has 5 heteroatoms. The number of hydrogen-bond donors (Lipinski definition) is 1. The third-order valence-electron chi connectivity index (χ3n) is 2.47. The largest absolute Gasteiger partial charge is 0.431 e. The number of amides is 1. The lowest BCUT2D eigenvalue weighted by Crippen LogP contribution is -2.31. The molecule has 1 heterocycles. The van der Waals surface area contributed by atoms with Gasteiger partial charge in [-0.2, -0.15) is 0 Å². The Morgan fingerprint density at radius 2 is 2.28 bits per heavy atom. The van der Waals surface area contributed by atoms with E-state index in [1.54, 1.807) is 0 Å². The molecule has 0 saturated carbocycles. The molecule has 4 nitrogen and oxygen atoms in total. The van der Waals surface area contributed by atoms with Crippen LogP contribution in [0.3, 0.4) is 0 Å². The molecule has 2 rings (SSSR count). The highest BCUT2D eigenvalue weighted by Crippen LogP contribution is 2.26. The van der Waals surface area contributed by atoms with Crippen molar-refractivity contribution in [1.82, 2.24) is 10.3 Å². The molecule has 1 atom stereocenters. The van der Waals surface area contributed by atoms with Crippen molar-refractivity contribution in [1.29, 1.82) is 0 Å². The first-order valence-corrected chi connectivity index (χ1v) is 6.88. The van der Waals surface area contributed by atoms with E-state index < -0.39 is 0 Å². The third kappa shape index (κ3) is 3.04. The van der Waals surface area contributed by atoms with Crippen molar-refractivity contribution < 1.29 is 9.21 Å². The van der Waals surface area contributed by atoms with Crippen molar-refractivity contribution in [2.45, 2.75) is 30.7 Å². The number of nitrogens with one attached hydrogen (secondary N) is 1. The molecule has 2 aromatic rings. The van der Waals surface area contributed by atoms with Gasteiger partial charge in [0.2, 0.25) is 5.91 Å². The van der Waals surface area contributed by atoms with Crippen LogP contribution in [0, 0.1) is 0 Å². The SMILES string of the molecule is CCCNC(=O)C(C)Sc1nc2ccccc2o1. The topological polar surface area (TPSA) is 55.1 Å². The normalized spacial score (nSPS) is 12.6. The van der Waals surface area contributed by atoms with Gasteiger partial charge in [0.15, 0.2) is 5.58 Å². The molecular weight excluding hydrogens is 248 g/mol. The molecule has 0 radical (unpaired) electrons. The van der Waals surface area contributed by atoms with Crippen molar-refractivity contribution in [2.24, 2.45) is 0 Å². The number of fused-ring (bicyclic) bond motifs is 1.